The van der Waals surface area contributed by atoms with Crippen molar-refractivity contribution in [2.45, 2.75) is 37.7 Å². The first-order valence-electron chi connectivity index (χ1n) is 6.77. The Morgan fingerprint density at radius 2 is 2.10 bits per heavy atom. The first-order valence-corrected chi connectivity index (χ1v) is 8.25. The number of fused-ring (bicyclic) bond motifs is 1. The molecule has 6 nitrogen and oxygen atoms in total. The molecule has 0 fully saturated rings. The molecule has 21 heavy (non-hydrogen) atoms. The number of nitrogens with one attached hydrogen (secondary N) is 1. The van der Waals surface area contributed by atoms with Crippen LogP contribution in [0.1, 0.15) is 27.2 Å². The first kappa shape index (κ1) is 15.8. The van der Waals surface area contributed by atoms with Crippen molar-refractivity contribution in [1.82, 2.24) is 4.72 Å². The highest BCUT2D eigenvalue weighted by molar-refractivity contribution is 7.89. The van der Waals surface area contributed by atoms with Crippen LogP contribution in [0.5, 0.6) is 5.75 Å². The maximum absolute atomic E-state index is 12.2. The number of benzene rings is 1. The zero-order valence-corrected chi connectivity index (χ0v) is 13.5. The molecule has 0 aliphatic carbocycles. The van der Waals surface area contributed by atoms with E-state index in [9.17, 15) is 13.2 Å². The average Bonchev–Trinajstić information content (AvgIpc) is 2.44. The predicted molar refractivity (Wildman–Crippen MR) is 80.0 cm³/mol. The maximum atomic E-state index is 12.2. The van der Waals surface area contributed by atoms with Crippen molar-refractivity contribution in [3.05, 3.63) is 18.2 Å². The summed E-state index contributed by atoms with van der Waals surface area (Å²) in [6.07, 6.45) is 0.346. The minimum absolute atomic E-state index is 0.0633. The lowest BCUT2D eigenvalue weighted by atomic mass is 10.0. The van der Waals surface area contributed by atoms with Crippen LogP contribution in [0.2, 0.25) is 0 Å². The number of carbonyl (C=O) groups is 1. The molecule has 2 rings (SSSR count). The molecule has 1 N–H and O–H groups in total. The van der Waals surface area contributed by atoms with Gasteiger partial charge < -0.3 is 9.64 Å². The van der Waals surface area contributed by atoms with Crippen molar-refractivity contribution in [3.8, 4) is 5.75 Å². The quantitative estimate of drug-likeness (QED) is 0.918. The van der Waals surface area contributed by atoms with Crippen molar-refractivity contribution >= 4 is 21.6 Å². The van der Waals surface area contributed by atoms with E-state index in [-0.39, 0.29) is 10.8 Å². The van der Waals surface area contributed by atoms with Crippen LogP contribution in [0, 0.1) is 0 Å². The zero-order valence-electron chi connectivity index (χ0n) is 12.6. The third-order valence-electron chi connectivity index (χ3n) is 3.33. The number of carbonyl (C=O) groups excluding carboxylic acids is 1. The molecule has 1 aromatic carbocycles. The van der Waals surface area contributed by atoms with E-state index in [1.807, 2.05) is 13.8 Å². The van der Waals surface area contributed by atoms with E-state index >= 15 is 0 Å². The van der Waals surface area contributed by atoms with Crippen LogP contribution >= 0.6 is 0 Å². The van der Waals surface area contributed by atoms with E-state index in [2.05, 4.69) is 4.72 Å². The van der Waals surface area contributed by atoms with Crippen LogP contribution in [0.15, 0.2) is 23.1 Å². The van der Waals surface area contributed by atoms with Crippen LogP contribution in [0.4, 0.5) is 5.69 Å². The van der Waals surface area contributed by atoms with Crippen LogP contribution in [-0.2, 0) is 14.8 Å². The Kier molecular flexibility index (Phi) is 3.99. The largest absolute Gasteiger partial charge is 0.484 e. The van der Waals surface area contributed by atoms with E-state index in [1.165, 1.54) is 19.2 Å². The Labute approximate surface area is 125 Å². The van der Waals surface area contributed by atoms with Gasteiger partial charge in [-0.05, 0) is 39.1 Å². The summed E-state index contributed by atoms with van der Waals surface area (Å²) in [6.45, 7) is 5.95. The van der Waals surface area contributed by atoms with Gasteiger partial charge in [0.25, 0.3) is 0 Å². The third-order valence-corrected chi connectivity index (χ3v) is 4.74. The fraction of sp³-hybridized carbons (Fsp3) is 0.500. The first-order chi connectivity index (χ1) is 9.70. The second-order valence-electron chi connectivity index (χ2n) is 5.53. The SMILES string of the molecule is CCC(=O)N1CC(C)(C)Oc2ccc(S(=O)(=O)NC)cc21. The van der Waals surface area contributed by atoms with Gasteiger partial charge >= 0.3 is 0 Å². The lowest BCUT2D eigenvalue weighted by Crippen LogP contribution is -2.49. The Balaban J connectivity index is 2.57. The lowest BCUT2D eigenvalue weighted by Gasteiger charge is -2.39. The Hall–Kier alpha value is -1.60. The van der Waals surface area contributed by atoms with Crippen molar-refractivity contribution in [2.24, 2.45) is 0 Å². The fourth-order valence-electron chi connectivity index (χ4n) is 2.29. The number of ether oxygens (including phenoxy) is 1. The van der Waals surface area contributed by atoms with Crippen LogP contribution in [0.3, 0.4) is 0 Å². The number of nitrogens with zero attached hydrogens (tertiary/aromatic N) is 1. The molecule has 0 saturated carbocycles. The fourth-order valence-corrected chi connectivity index (χ4v) is 3.04. The molecule has 0 spiro atoms. The van der Waals surface area contributed by atoms with Gasteiger partial charge in [-0.15, -0.1) is 0 Å². The number of hydrogen-bond acceptors (Lipinski definition) is 4. The topological polar surface area (TPSA) is 75.7 Å². The van der Waals surface area contributed by atoms with E-state index in [4.69, 9.17) is 4.74 Å². The molecule has 0 bridgehead atoms. The van der Waals surface area contributed by atoms with Crippen LogP contribution in [0.25, 0.3) is 0 Å². The van der Waals surface area contributed by atoms with Gasteiger partial charge in [-0.3, -0.25) is 4.79 Å². The maximum Gasteiger partial charge on any atom is 0.240 e. The minimum Gasteiger partial charge on any atom is -0.484 e. The van der Waals surface area contributed by atoms with Crippen molar-refractivity contribution < 1.29 is 17.9 Å². The zero-order chi connectivity index (χ0) is 15.8. The number of rotatable bonds is 3. The second kappa shape index (κ2) is 5.31. The summed E-state index contributed by atoms with van der Waals surface area (Å²) < 4.78 is 31.9. The normalized spacial score (nSPS) is 17.0. The molecule has 1 aliphatic heterocycles. The van der Waals surface area contributed by atoms with Crippen LogP contribution in [-0.4, -0.2) is 33.5 Å². The number of hydrogen-bond donors (Lipinski definition) is 1. The van der Waals surface area contributed by atoms with Crippen molar-refractivity contribution in [3.63, 3.8) is 0 Å². The molecule has 1 heterocycles. The molecule has 1 amide bonds. The van der Waals surface area contributed by atoms with E-state index in [0.717, 1.165) is 0 Å². The molecule has 0 atom stereocenters. The van der Waals surface area contributed by atoms with Gasteiger partial charge in [-0.1, -0.05) is 6.92 Å². The standard InChI is InChI=1S/C14H20N2O4S/c1-5-13(17)16-9-14(2,3)20-12-7-6-10(8-11(12)16)21(18,19)15-4/h6-8,15H,5,9H2,1-4H3. The summed E-state index contributed by atoms with van der Waals surface area (Å²) >= 11 is 0. The summed E-state index contributed by atoms with van der Waals surface area (Å²) in [6, 6.07) is 4.54. The monoisotopic (exact) mass is 312 g/mol. The number of amides is 1. The molecule has 0 aromatic heterocycles. The summed E-state index contributed by atoms with van der Waals surface area (Å²) in [5.41, 5.74) is -0.0150. The highest BCUT2D eigenvalue weighted by Gasteiger charge is 2.35. The third kappa shape index (κ3) is 3.03. The second-order valence-corrected chi connectivity index (χ2v) is 7.42. The van der Waals surface area contributed by atoms with Gasteiger partial charge in [0.1, 0.15) is 11.4 Å². The lowest BCUT2D eigenvalue weighted by molar-refractivity contribution is -0.119. The Morgan fingerprint density at radius 1 is 1.43 bits per heavy atom. The van der Waals surface area contributed by atoms with E-state index in [0.29, 0.717) is 24.4 Å². The van der Waals surface area contributed by atoms with Gasteiger partial charge in [0.05, 0.1) is 17.1 Å². The summed E-state index contributed by atoms with van der Waals surface area (Å²) in [5, 5.41) is 0. The average molecular weight is 312 g/mol. The summed E-state index contributed by atoms with van der Waals surface area (Å²) in [4.78, 5) is 13.9. The van der Waals surface area contributed by atoms with Gasteiger partial charge in [-0.2, -0.15) is 0 Å². The molecule has 1 aromatic rings. The molecular formula is C14H20N2O4S. The van der Waals surface area contributed by atoms with Crippen molar-refractivity contribution in [1.29, 1.82) is 0 Å². The van der Waals surface area contributed by atoms with Crippen molar-refractivity contribution in [2.75, 3.05) is 18.5 Å². The highest BCUT2D eigenvalue weighted by atomic mass is 32.2. The smallest absolute Gasteiger partial charge is 0.240 e. The Morgan fingerprint density at radius 3 is 2.67 bits per heavy atom. The predicted octanol–water partition coefficient (Wildman–Crippen LogP) is 1.51. The molecule has 7 heteroatoms. The van der Waals surface area contributed by atoms with Gasteiger partial charge in [-0.25, -0.2) is 13.1 Å². The summed E-state index contributed by atoms with van der Waals surface area (Å²) in [7, 11) is -2.21. The van der Waals surface area contributed by atoms with Gasteiger partial charge in [0.15, 0.2) is 0 Å². The van der Waals surface area contributed by atoms with Gasteiger partial charge in [0.2, 0.25) is 15.9 Å². The molecule has 0 saturated heterocycles. The molecule has 0 radical (unpaired) electrons. The molecular weight excluding hydrogens is 292 g/mol. The summed E-state index contributed by atoms with van der Waals surface area (Å²) in [5.74, 6) is 0.453. The number of sulfonamides is 1. The minimum atomic E-state index is -3.56. The van der Waals surface area contributed by atoms with E-state index < -0.39 is 15.6 Å². The highest BCUT2D eigenvalue weighted by Crippen LogP contribution is 2.38. The molecule has 116 valence electrons. The molecule has 1 aliphatic rings. The van der Waals surface area contributed by atoms with E-state index in [1.54, 1.807) is 17.9 Å². The van der Waals surface area contributed by atoms with Gasteiger partial charge in [0, 0.05) is 6.42 Å². The number of anilines is 1. The van der Waals surface area contributed by atoms with Crippen LogP contribution < -0.4 is 14.4 Å². The molecule has 0 unspecified atom stereocenters. The Bertz CT molecular complexity index is 668.